The summed E-state index contributed by atoms with van der Waals surface area (Å²) in [5.41, 5.74) is 2.17. The highest BCUT2D eigenvalue weighted by molar-refractivity contribution is 9.10. The van der Waals surface area contributed by atoms with Crippen molar-refractivity contribution in [1.29, 1.82) is 0 Å². The predicted octanol–water partition coefficient (Wildman–Crippen LogP) is 6.47. The van der Waals surface area contributed by atoms with Crippen LogP contribution in [0.25, 0.3) is 11.0 Å². The quantitative estimate of drug-likeness (QED) is 0.284. The van der Waals surface area contributed by atoms with Crippen LogP contribution in [-0.4, -0.2) is 24.2 Å². The zero-order chi connectivity index (χ0) is 20.8. The van der Waals surface area contributed by atoms with Gasteiger partial charge < -0.3 is 9.15 Å². The number of amides is 1. The molecular weight excluding hydrogens is 439 g/mol. The van der Waals surface area contributed by atoms with Crippen LogP contribution in [0.4, 0.5) is 14.9 Å². The highest BCUT2D eigenvalue weighted by Gasteiger charge is 2.26. The number of hydrogen-bond donors (Lipinski definition) is 0. The molecule has 0 atom stereocenters. The van der Waals surface area contributed by atoms with Crippen molar-refractivity contribution in [3.05, 3.63) is 58.3 Å². The van der Waals surface area contributed by atoms with Gasteiger partial charge in [0.25, 0.3) is 0 Å². The van der Waals surface area contributed by atoms with Crippen molar-refractivity contribution in [3.8, 4) is 0 Å². The Kier molecular flexibility index (Phi) is 7.25. The van der Waals surface area contributed by atoms with E-state index in [9.17, 15) is 9.18 Å². The molecule has 154 valence electrons. The largest absolute Gasteiger partial charge is 0.458 e. The fourth-order valence-corrected chi connectivity index (χ4v) is 3.60. The number of carbonyl (C=O) groups is 1. The van der Waals surface area contributed by atoms with Crippen molar-refractivity contribution < 1.29 is 18.3 Å². The molecule has 5 nitrogen and oxygen atoms in total. The van der Waals surface area contributed by atoms with Crippen LogP contribution in [0.15, 0.2) is 45.4 Å². The molecule has 1 amide bonds. The van der Waals surface area contributed by atoms with Gasteiger partial charge in [0.1, 0.15) is 11.3 Å². The normalized spacial score (nSPS) is 11.0. The SMILES string of the molecule is CCCCCN(C(=O)OCC)c1c(Cc2ccc(F)nc2)oc2ccc(Br)cc12. The topological polar surface area (TPSA) is 55.6 Å². The fraction of sp³-hybridized carbons (Fsp3) is 0.364. The van der Waals surface area contributed by atoms with E-state index in [0.29, 0.717) is 36.6 Å². The highest BCUT2D eigenvalue weighted by Crippen LogP contribution is 2.37. The molecule has 0 spiro atoms. The van der Waals surface area contributed by atoms with Crippen LogP contribution in [0.2, 0.25) is 0 Å². The van der Waals surface area contributed by atoms with Gasteiger partial charge in [-0.05, 0) is 43.2 Å². The van der Waals surface area contributed by atoms with E-state index in [1.165, 1.54) is 12.3 Å². The molecule has 2 heterocycles. The Morgan fingerprint density at radius 3 is 2.76 bits per heavy atom. The number of unbranched alkanes of at least 4 members (excludes halogenated alkanes) is 2. The molecule has 0 fully saturated rings. The molecular formula is C22H24BrFN2O3. The Morgan fingerprint density at radius 2 is 2.07 bits per heavy atom. The molecule has 2 aromatic heterocycles. The number of ether oxygens (including phenoxy) is 1. The molecule has 3 aromatic rings. The Bertz CT molecular complexity index is 972. The number of nitrogens with zero attached hydrogens (tertiary/aromatic N) is 2. The first-order chi connectivity index (χ1) is 14.0. The maximum Gasteiger partial charge on any atom is 0.414 e. The molecule has 0 saturated carbocycles. The van der Waals surface area contributed by atoms with Crippen LogP contribution in [0, 0.1) is 5.95 Å². The monoisotopic (exact) mass is 462 g/mol. The van der Waals surface area contributed by atoms with Gasteiger partial charge in [-0.1, -0.05) is 41.8 Å². The number of carbonyl (C=O) groups excluding carboxylic acids is 1. The number of aromatic nitrogens is 1. The summed E-state index contributed by atoms with van der Waals surface area (Å²) in [6, 6.07) is 8.68. The number of benzene rings is 1. The predicted molar refractivity (Wildman–Crippen MR) is 115 cm³/mol. The van der Waals surface area contributed by atoms with Crippen LogP contribution < -0.4 is 4.90 Å². The van der Waals surface area contributed by atoms with Crippen LogP contribution >= 0.6 is 15.9 Å². The van der Waals surface area contributed by atoms with Gasteiger partial charge in [0, 0.05) is 29.0 Å². The lowest BCUT2D eigenvalue weighted by Gasteiger charge is -2.22. The number of anilines is 1. The van der Waals surface area contributed by atoms with E-state index in [1.54, 1.807) is 17.9 Å². The van der Waals surface area contributed by atoms with Crippen molar-refractivity contribution in [1.82, 2.24) is 4.98 Å². The summed E-state index contributed by atoms with van der Waals surface area (Å²) in [5, 5.41) is 0.828. The van der Waals surface area contributed by atoms with E-state index in [2.05, 4.69) is 27.8 Å². The zero-order valence-electron chi connectivity index (χ0n) is 16.6. The van der Waals surface area contributed by atoms with E-state index in [0.717, 1.165) is 34.7 Å². The van der Waals surface area contributed by atoms with Gasteiger partial charge >= 0.3 is 6.09 Å². The van der Waals surface area contributed by atoms with E-state index in [4.69, 9.17) is 9.15 Å². The second-order valence-corrected chi connectivity index (χ2v) is 7.65. The molecule has 0 saturated heterocycles. The lowest BCUT2D eigenvalue weighted by molar-refractivity contribution is 0.159. The van der Waals surface area contributed by atoms with Crippen LogP contribution in [0.3, 0.4) is 0 Å². The second kappa shape index (κ2) is 9.87. The van der Waals surface area contributed by atoms with Crippen molar-refractivity contribution in [2.75, 3.05) is 18.1 Å². The summed E-state index contributed by atoms with van der Waals surface area (Å²) in [5.74, 6) is 0.0892. The summed E-state index contributed by atoms with van der Waals surface area (Å²) < 4.78 is 25.5. The first-order valence-electron chi connectivity index (χ1n) is 9.79. The van der Waals surface area contributed by atoms with Gasteiger partial charge in [0.15, 0.2) is 0 Å². The molecule has 3 rings (SSSR count). The third-order valence-corrected chi connectivity index (χ3v) is 5.08. The van der Waals surface area contributed by atoms with E-state index in [1.807, 2.05) is 18.2 Å². The van der Waals surface area contributed by atoms with Crippen molar-refractivity contribution in [3.63, 3.8) is 0 Å². The number of pyridine rings is 1. The standard InChI is InChI=1S/C22H24BrFN2O3/c1-3-5-6-11-26(22(27)28-4-2)21-17-13-16(23)8-9-18(17)29-19(21)12-15-7-10-20(24)25-14-15/h7-10,13-14H,3-6,11-12H2,1-2H3. The second-order valence-electron chi connectivity index (χ2n) is 6.74. The first-order valence-corrected chi connectivity index (χ1v) is 10.6. The lowest BCUT2D eigenvalue weighted by Crippen LogP contribution is -2.33. The smallest absolute Gasteiger partial charge is 0.414 e. The first kappa shape index (κ1) is 21.3. The molecule has 0 radical (unpaired) electrons. The molecule has 7 heteroatoms. The zero-order valence-corrected chi connectivity index (χ0v) is 18.2. The summed E-state index contributed by atoms with van der Waals surface area (Å²) in [6.07, 6.45) is 4.37. The minimum Gasteiger partial charge on any atom is -0.458 e. The minimum atomic E-state index is -0.532. The molecule has 0 unspecified atom stereocenters. The van der Waals surface area contributed by atoms with Gasteiger partial charge in [-0.3, -0.25) is 4.90 Å². The Hall–Kier alpha value is -2.41. The number of furan rings is 1. The molecule has 1 aromatic carbocycles. The molecule has 0 bridgehead atoms. The van der Waals surface area contributed by atoms with E-state index in [-0.39, 0.29) is 0 Å². The highest BCUT2D eigenvalue weighted by atomic mass is 79.9. The average molecular weight is 463 g/mol. The third-order valence-electron chi connectivity index (χ3n) is 4.59. The number of rotatable bonds is 8. The van der Waals surface area contributed by atoms with Gasteiger partial charge in [-0.15, -0.1) is 0 Å². The van der Waals surface area contributed by atoms with Crippen molar-refractivity contribution >= 4 is 38.7 Å². The van der Waals surface area contributed by atoms with E-state index >= 15 is 0 Å². The minimum absolute atomic E-state index is 0.291. The summed E-state index contributed by atoms with van der Waals surface area (Å²) in [7, 11) is 0. The fourth-order valence-electron chi connectivity index (χ4n) is 3.24. The van der Waals surface area contributed by atoms with Crippen LogP contribution in [0.1, 0.15) is 44.4 Å². The number of fused-ring (bicyclic) bond motifs is 1. The number of hydrogen-bond acceptors (Lipinski definition) is 4. The Labute approximate surface area is 178 Å². The maximum atomic E-state index is 13.2. The van der Waals surface area contributed by atoms with Gasteiger partial charge in [-0.2, -0.15) is 4.39 Å². The van der Waals surface area contributed by atoms with Crippen molar-refractivity contribution in [2.24, 2.45) is 0 Å². The molecule has 0 aliphatic carbocycles. The van der Waals surface area contributed by atoms with Crippen molar-refractivity contribution in [2.45, 2.75) is 39.5 Å². The van der Waals surface area contributed by atoms with Gasteiger partial charge in [0.05, 0.1) is 12.3 Å². The third kappa shape index (κ3) is 5.15. The molecule has 0 aliphatic rings. The Balaban J connectivity index is 2.08. The summed E-state index contributed by atoms with van der Waals surface area (Å²) >= 11 is 3.50. The summed E-state index contributed by atoms with van der Waals surface area (Å²) in [4.78, 5) is 18.2. The number of halogens is 2. The van der Waals surface area contributed by atoms with Gasteiger partial charge in [0.2, 0.25) is 5.95 Å². The maximum absolute atomic E-state index is 13.2. The van der Waals surface area contributed by atoms with E-state index < -0.39 is 12.0 Å². The average Bonchev–Trinajstić information content (AvgIpc) is 3.04. The van der Waals surface area contributed by atoms with Crippen LogP contribution in [-0.2, 0) is 11.2 Å². The molecule has 0 N–H and O–H groups in total. The van der Waals surface area contributed by atoms with Crippen LogP contribution in [0.5, 0.6) is 0 Å². The summed E-state index contributed by atoms with van der Waals surface area (Å²) in [6.45, 7) is 4.73. The Morgan fingerprint density at radius 1 is 1.24 bits per heavy atom. The van der Waals surface area contributed by atoms with Gasteiger partial charge in [-0.25, -0.2) is 9.78 Å². The molecule has 0 aliphatic heterocycles. The molecule has 29 heavy (non-hydrogen) atoms. The lowest BCUT2D eigenvalue weighted by atomic mass is 10.1.